The van der Waals surface area contributed by atoms with E-state index in [2.05, 4.69) is 28.2 Å². The number of benzene rings is 2. The van der Waals surface area contributed by atoms with Crippen LogP contribution in [0.25, 0.3) is 6.08 Å². The molecule has 0 aliphatic rings. The van der Waals surface area contributed by atoms with E-state index in [4.69, 9.17) is 9.47 Å². The first kappa shape index (κ1) is 23.5. The monoisotopic (exact) mass is 470 g/mol. The number of hydrogen-bond donors (Lipinski definition) is 1. The highest BCUT2D eigenvalue weighted by atomic mass is 79.9. The van der Waals surface area contributed by atoms with E-state index in [1.165, 1.54) is 18.9 Å². The molecule has 0 fully saturated rings. The second-order valence-corrected chi connectivity index (χ2v) is 7.74. The van der Waals surface area contributed by atoms with Crippen LogP contribution in [0.3, 0.4) is 0 Å². The molecule has 0 radical (unpaired) electrons. The Hall–Kier alpha value is -2.78. The molecule has 0 saturated carbocycles. The van der Waals surface area contributed by atoms with E-state index in [1.807, 2.05) is 37.3 Å². The summed E-state index contributed by atoms with van der Waals surface area (Å²) in [6.45, 7) is 4.67. The van der Waals surface area contributed by atoms with Crippen molar-refractivity contribution in [3.8, 4) is 17.6 Å². The second kappa shape index (κ2) is 12.0. The summed E-state index contributed by atoms with van der Waals surface area (Å²) in [4.78, 5) is 12.6. The van der Waals surface area contributed by atoms with Crippen LogP contribution in [0, 0.1) is 18.3 Å². The summed E-state index contributed by atoms with van der Waals surface area (Å²) in [6, 6.07) is 13.0. The van der Waals surface area contributed by atoms with Crippen molar-refractivity contribution in [2.24, 2.45) is 0 Å². The van der Waals surface area contributed by atoms with Gasteiger partial charge in [0.05, 0.1) is 18.2 Å². The van der Waals surface area contributed by atoms with Gasteiger partial charge in [-0.15, -0.1) is 0 Å². The van der Waals surface area contributed by atoms with Crippen LogP contribution < -0.4 is 14.8 Å². The van der Waals surface area contributed by atoms with E-state index < -0.39 is 5.91 Å². The molecule has 0 saturated heterocycles. The lowest BCUT2D eigenvalue weighted by Crippen LogP contribution is -2.14. The van der Waals surface area contributed by atoms with Crippen LogP contribution in [-0.4, -0.2) is 19.6 Å². The van der Waals surface area contributed by atoms with Gasteiger partial charge in [-0.05, 0) is 64.7 Å². The number of halogens is 1. The molecule has 1 N–H and O–H groups in total. The molecular formula is C24H27BrN2O3. The highest BCUT2D eigenvalue weighted by Crippen LogP contribution is 2.37. The number of rotatable bonds is 10. The van der Waals surface area contributed by atoms with E-state index in [-0.39, 0.29) is 5.57 Å². The van der Waals surface area contributed by atoms with Gasteiger partial charge >= 0.3 is 0 Å². The predicted molar refractivity (Wildman–Crippen MR) is 124 cm³/mol. The number of anilines is 1. The number of amides is 1. The molecule has 6 heteroatoms. The number of aryl methyl sites for hydroxylation is 1. The van der Waals surface area contributed by atoms with Crippen molar-refractivity contribution in [3.63, 3.8) is 0 Å². The summed E-state index contributed by atoms with van der Waals surface area (Å²) in [5.74, 6) is 0.704. The number of unbranched alkanes of at least 4 members (excludes halogenated alkanes) is 3. The molecule has 0 bridgehead atoms. The van der Waals surface area contributed by atoms with E-state index in [0.29, 0.717) is 33.8 Å². The molecule has 5 nitrogen and oxygen atoms in total. The first-order chi connectivity index (χ1) is 14.5. The van der Waals surface area contributed by atoms with E-state index >= 15 is 0 Å². The third-order valence-corrected chi connectivity index (χ3v) is 5.15. The van der Waals surface area contributed by atoms with Crippen LogP contribution in [-0.2, 0) is 4.79 Å². The maximum Gasteiger partial charge on any atom is 0.266 e. The molecule has 2 aromatic rings. The number of hydrogen-bond acceptors (Lipinski definition) is 4. The van der Waals surface area contributed by atoms with E-state index in [1.54, 1.807) is 19.2 Å². The summed E-state index contributed by atoms with van der Waals surface area (Å²) in [5, 5.41) is 12.3. The Balaban J connectivity index is 2.19. The second-order valence-electron chi connectivity index (χ2n) is 6.88. The molecule has 158 valence electrons. The minimum Gasteiger partial charge on any atom is -0.493 e. The van der Waals surface area contributed by atoms with Gasteiger partial charge in [0.25, 0.3) is 5.91 Å². The van der Waals surface area contributed by atoms with Gasteiger partial charge in [-0.2, -0.15) is 5.26 Å². The van der Waals surface area contributed by atoms with Crippen molar-refractivity contribution in [3.05, 3.63) is 57.6 Å². The molecule has 0 aromatic heterocycles. The first-order valence-electron chi connectivity index (χ1n) is 9.99. The zero-order chi connectivity index (χ0) is 21.9. The molecule has 30 heavy (non-hydrogen) atoms. The molecule has 1 amide bonds. The van der Waals surface area contributed by atoms with Gasteiger partial charge in [-0.25, -0.2) is 0 Å². The first-order valence-corrected chi connectivity index (χ1v) is 10.8. The van der Waals surface area contributed by atoms with Gasteiger partial charge in [0.2, 0.25) is 0 Å². The number of carbonyl (C=O) groups excluding carboxylic acids is 1. The number of para-hydroxylation sites is 1. The number of nitriles is 1. The third-order valence-electron chi connectivity index (χ3n) is 4.57. The fraction of sp³-hybridized carbons (Fsp3) is 0.333. The Labute approximate surface area is 186 Å². The predicted octanol–water partition coefficient (Wildman–Crippen LogP) is 6.27. The quantitative estimate of drug-likeness (QED) is 0.252. The zero-order valence-electron chi connectivity index (χ0n) is 17.6. The standard InChI is InChI=1S/C24H27BrN2O3/c1-4-5-6-9-12-30-23-20(25)14-18(15-22(23)29-3)13-19(16-26)24(28)27-21-11-8-7-10-17(21)2/h7-8,10-11,13-15H,4-6,9,12H2,1-3H3,(H,27,28)/b19-13-. The highest BCUT2D eigenvalue weighted by Gasteiger charge is 2.14. The summed E-state index contributed by atoms with van der Waals surface area (Å²) >= 11 is 3.52. The lowest BCUT2D eigenvalue weighted by molar-refractivity contribution is -0.112. The average Bonchev–Trinajstić information content (AvgIpc) is 2.74. The third kappa shape index (κ3) is 6.64. The van der Waals surface area contributed by atoms with Crippen LogP contribution in [0.2, 0.25) is 0 Å². The normalized spacial score (nSPS) is 11.0. The van der Waals surface area contributed by atoms with Gasteiger partial charge in [0.1, 0.15) is 11.6 Å². The van der Waals surface area contributed by atoms with E-state index in [9.17, 15) is 10.1 Å². The van der Waals surface area contributed by atoms with Crippen LogP contribution in [0.15, 0.2) is 46.4 Å². The van der Waals surface area contributed by atoms with Crippen molar-refractivity contribution >= 4 is 33.6 Å². The van der Waals surface area contributed by atoms with Gasteiger partial charge in [-0.1, -0.05) is 44.4 Å². The van der Waals surface area contributed by atoms with Crippen LogP contribution >= 0.6 is 15.9 Å². The average molecular weight is 471 g/mol. The van der Waals surface area contributed by atoms with Crippen LogP contribution in [0.5, 0.6) is 11.5 Å². The molecule has 0 aliphatic heterocycles. The van der Waals surface area contributed by atoms with Crippen molar-refractivity contribution in [1.29, 1.82) is 5.26 Å². The van der Waals surface area contributed by atoms with Crippen molar-refractivity contribution in [2.45, 2.75) is 39.5 Å². The topological polar surface area (TPSA) is 71.3 Å². The van der Waals surface area contributed by atoms with Crippen molar-refractivity contribution in [1.82, 2.24) is 0 Å². The number of carbonyl (C=O) groups is 1. The fourth-order valence-corrected chi connectivity index (χ4v) is 3.46. The Morgan fingerprint density at radius 2 is 2.00 bits per heavy atom. The maximum atomic E-state index is 12.6. The minimum absolute atomic E-state index is 0.000408. The zero-order valence-corrected chi connectivity index (χ0v) is 19.2. The van der Waals surface area contributed by atoms with Crippen molar-refractivity contribution < 1.29 is 14.3 Å². The summed E-state index contributed by atoms with van der Waals surface area (Å²) < 4.78 is 12.1. The molecule has 0 aliphatic carbocycles. The maximum absolute atomic E-state index is 12.6. The van der Waals surface area contributed by atoms with Gasteiger partial charge in [0, 0.05) is 5.69 Å². The molecule has 0 unspecified atom stereocenters. The minimum atomic E-state index is -0.460. The molecule has 2 aromatic carbocycles. The van der Waals surface area contributed by atoms with Crippen LogP contribution in [0.1, 0.15) is 43.7 Å². The summed E-state index contributed by atoms with van der Waals surface area (Å²) in [7, 11) is 1.56. The largest absolute Gasteiger partial charge is 0.493 e. The Kier molecular flexibility index (Phi) is 9.43. The number of methoxy groups -OCH3 is 1. The van der Waals surface area contributed by atoms with Gasteiger partial charge in [0.15, 0.2) is 11.5 Å². The van der Waals surface area contributed by atoms with Gasteiger partial charge < -0.3 is 14.8 Å². The fourth-order valence-electron chi connectivity index (χ4n) is 2.88. The Morgan fingerprint density at radius 3 is 2.67 bits per heavy atom. The Bertz CT molecular complexity index is 948. The summed E-state index contributed by atoms with van der Waals surface area (Å²) in [5.41, 5.74) is 2.26. The Morgan fingerprint density at radius 1 is 1.23 bits per heavy atom. The molecular weight excluding hydrogens is 444 g/mol. The summed E-state index contributed by atoms with van der Waals surface area (Å²) in [6.07, 6.45) is 5.99. The number of nitrogens with zero attached hydrogens (tertiary/aromatic N) is 1. The number of ether oxygens (including phenoxy) is 2. The molecule has 0 heterocycles. The number of nitrogens with one attached hydrogen (secondary N) is 1. The highest BCUT2D eigenvalue weighted by molar-refractivity contribution is 9.10. The molecule has 0 spiro atoms. The lowest BCUT2D eigenvalue weighted by Gasteiger charge is -2.14. The smallest absolute Gasteiger partial charge is 0.266 e. The molecule has 2 rings (SSSR count). The lowest BCUT2D eigenvalue weighted by atomic mass is 10.1. The van der Waals surface area contributed by atoms with Crippen molar-refractivity contribution in [2.75, 3.05) is 19.0 Å². The van der Waals surface area contributed by atoms with Crippen LogP contribution in [0.4, 0.5) is 5.69 Å². The SMILES string of the molecule is CCCCCCOc1c(Br)cc(/C=C(/C#N)C(=O)Nc2ccccc2C)cc1OC. The van der Waals surface area contributed by atoms with Gasteiger partial charge in [-0.3, -0.25) is 4.79 Å². The van der Waals surface area contributed by atoms with E-state index in [0.717, 1.165) is 18.4 Å². The molecule has 0 atom stereocenters.